The lowest BCUT2D eigenvalue weighted by molar-refractivity contribution is -0.138. The van der Waals surface area contributed by atoms with Crippen molar-refractivity contribution in [2.24, 2.45) is 11.7 Å². The minimum atomic E-state index is -1.23. The molecule has 1 fully saturated rings. The third kappa shape index (κ3) is 4.93. The smallest absolute Gasteiger partial charge is 0.323 e. The van der Waals surface area contributed by atoms with E-state index in [9.17, 15) is 19.2 Å². The molecule has 9 nitrogen and oxygen atoms in total. The van der Waals surface area contributed by atoms with Gasteiger partial charge in [0.05, 0.1) is 5.92 Å². The number of rotatable bonds is 5. The molecule has 4 amide bonds. The van der Waals surface area contributed by atoms with Gasteiger partial charge >= 0.3 is 12.0 Å². The molecule has 9 heteroatoms. The van der Waals surface area contributed by atoms with Gasteiger partial charge in [0, 0.05) is 20.1 Å². The van der Waals surface area contributed by atoms with Gasteiger partial charge in [0.1, 0.15) is 13.1 Å². The molecule has 1 aliphatic heterocycles. The molecule has 0 radical (unpaired) electrons. The van der Waals surface area contributed by atoms with Crippen LogP contribution in [0, 0.1) is 5.92 Å². The second-order valence-electron chi connectivity index (χ2n) is 4.90. The van der Waals surface area contributed by atoms with E-state index < -0.39 is 31.0 Å². The van der Waals surface area contributed by atoms with Gasteiger partial charge in [0.25, 0.3) is 0 Å². The van der Waals surface area contributed by atoms with Crippen LogP contribution < -0.4 is 11.1 Å². The van der Waals surface area contributed by atoms with E-state index in [0.29, 0.717) is 19.4 Å². The number of carboxylic acids is 1. The maximum absolute atomic E-state index is 12.3. The molecular weight excluding hydrogens is 280 g/mol. The zero-order valence-electron chi connectivity index (χ0n) is 11.9. The summed E-state index contributed by atoms with van der Waals surface area (Å²) in [5, 5.41) is 11.3. The molecular formula is C12H20N4O5. The monoisotopic (exact) mass is 300 g/mol. The molecule has 0 aromatic carbocycles. The molecule has 118 valence electrons. The number of carboxylic acid groups (broad SMARTS) is 1. The summed E-state index contributed by atoms with van der Waals surface area (Å²) in [6, 6.07) is -0.593. The Morgan fingerprint density at radius 3 is 2.52 bits per heavy atom. The van der Waals surface area contributed by atoms with Crippen LogP contribution in [0.3, 0.4) is 0 Å². The van der Waals surface area contributed by atoms with E-state index in [4.69, 9.17) is 10.8 Å². The molecule has 1 heterocycles. The van der Waals surface area contributed by atoms with Crippen LogP contribution in [0.1, 0.15) is 12.8 Å². The summed E-state index contributed by atoms with van der Waals surface area (Å²) in [6.07, 6.45) is 1.31. The van der Waals surface area contributed by atoms with Crippen LogP contribution in [0.4, 0.5) is 4.79 Å². The molecule has 1 saturated heterocycles. The van der Waals surface area contributed by atoms with Crippen molar-refractivity contribution in [3.8, 4) is 0 Å². The van der Waals surface area contributed by atoms with E-state index in [1.807, 2.05) is 0 Å². The highest BCUT2D eigenvalue weighted by molar-refractivity contribution is 5.86. The number of primary amides is 1. The molecule has 0 saturated carbocycles. The number of nitrogens with zero attached hydrogens (tertiary/aromatic N) is 2. The Morgan fingerprint density at radius 1 is 1.33 bits per heavy atom. The lowest BCUT2D eigenvalue weighted by atomic mass is 9.97. The molecule has 21 heavy (non-hydrogen) atoms. The van der Waals surface area contributed by atoms with E-state index in [2.05, 4.69) is 5.32 Å². The molecule has 0 aliphatic carbocycles. The van der Waals surface area contributed by atoms with E-state index in [1.165, 1.54) is 11.9 Å². The van der Waals surface area contributed by atoms with Crippen molar-refractivity contribution < 1.29 is 24.3 Å². The normalized spacial score (nSPS) is 18.0. The van der Waals surface area contributed by atoms with Crippen LogP contribution in [0.25, 0.3) is 0 Å². The minimum absolute atomic E-state index is 0.160. The fraction of sp³-hybridized carbons (Fsp3) is 0.667. The number of piperidine rings is 1. The molecule has 0 spiro atoms. The second kappa shape index (κ2) is 7.46. The Morgan fingerprint density at radius 2 is 2.00 bits per heavy atom. The van der Waals surface area contributed by atoms with Gasteiger partial charge in [-0.3, -0.25) is 14.4 Å². The number of carbonyl (C=O) groups excluding carboxylic acids is 3. The number of nitrogens with one attached hydrogen (secondary N) is 1. The molecule has 4 N–H and O–H groups in total. The van der Waals surface area contributed by atoms with Gasteiger partial charge in [-0.2, -0.15) is 0 Å². The van der Waals surface area contributed by atoms with Crippen molar-refractivity contribution in [3.63, 3.8) is 0 Å². The van der Waals surface area contributed by atoms with Gasteiger partial charge in [-0.05, 0) is 12.8 Å². The van der Waals surface area contributed by atoms with Crippen molar-refractivity contribution in [3.05, 3.63) is 0 Å². The standard InChI is InChI=1S/C12H20N4O5/c1-14-11(20)8-3-2-4-15(5-8)12(21)16(6-9(13)17)7-10(18)19/h8H,2-7H2,1H3,(H2,13,17)(H,14,20)(H,18,19). The lowest BCUT2D eigenvalue weighted by Crippen LogP contribution is -2.52. The summed E-state index contributed by atoms with van der Waals surface area (Å²) >= 11 is 0. The van der Waals surface area contributed by atoms with Gasteiger partial charge < -0.3 is 26.0 Å². The van der Waals surface area contributed by atoms with Crippen LogP contribution in [-0.4, -0.2) is 71.9 Å². The summed E-state index contributed by atoms with van der Waals surface area (Å²) in [4.78, 5) is 47.9. The molecule has 0 bridgehead atoms. The molecule has 1 unspecified atom stereocenters. The zero-order chi connectivity index (χ0) is 16.0. The van der Waals surface area contributed by atoms with Gasteiger partial charge in [0.2, 0.25) is 11.8 Å². The molecule has 1 atom stereocenters. The first-order valence-electron chi connectivity index (χ1n) is 6.60. The molecule has 0 aromatic rings. The first-order chi connectivity index (χ1) is 9.85. The average Bonchev–Trinajstić information content (AvgIpc) is 2.44. The maximum Gasteiger partial charge on any atom is 0.323 e. The predicted molar refractivity (Wildman–Crippen MR) is 72.2 cm³/mol. The third-order valence-electron chi connectivity index (χ3n) is 3.25. The number of hydrogen-bond donors (Lipinski definition) is 3. The van der Waals surface area contributed by atoms with Crippen LogP contribution in [-0.2, 0) is 14.4 Å². The van der Waals surface area contributed by atoms with E-state index >= 15 is 0 Å². The Labute approximate surface area is 122 Å². The first kappa shape index (κ1) is 16.7. The first-order valence-corrected chi connectivity index (χ1v) is 6.60. The van der Waals surface area contributed by atoms with Crippen LogP contribution in [0.15, 0.2) is 0 Å². The van der Waals surface area contributed by atoms with Crippen LogP contribution >= 0.6 is 0 Å². The van der Waals surface area contributed by atoms with Crippen molar-refractivity contribution in [1.82, 2.24) is 15.1 Å². The highest BCUT2D eigenvalue weighted by atomic mass is 16.4. The average molecular weight is 300 g/mol. The van der Waals surface area contributed by atoms with Crippen molar-refractivity contribution in [2.75, 3.05) is 33.2 Å². The van der Waals surface area contributed by atoms with Gasteiger partial charge in [-0.25, -0.2) is 4.79 Å². The largest absolute Gasteiger partial charge is 0.480 e. The maximum atomic E-state index is 12.3. The number of likely N-dealkylation sites (tertiary alicyclic amines) is 1. The van der Waals surface area contributed by atoms with Crippen molar-refractivity contribution in [1.29, 1.82) is 0 Å². The SMILES string of the molecule is CNC(=O)C1CCCN(C(=O)N(CC(N)=O)CC(=O)O)C1. The zero-order valence-corrected chi connectivity index (χ0v) is 11.9. The second-order valence-corrected chi connectivity index (χ2v) is 4.90. The Hall–Kier alpha value is -2.32. The fourth-order valence-corrected chi connectivity index (χ4v) is 2.31. The number of nitrogens with two attached hydrogens (primary N) is 1. The van der Waals surface area contributed by atoms with E-state index in [0.717, 1.165) is 4.90 Å². The highest BCUT2D eigenvalue weighted by Crippen LogP contribution is 2.18. The number of carbonyl (C=O) groups is 4. The Kier molecular flexibility index (Phi) is 5.94. The quantitative estimate of drug-likeness (QED) is 0.564. The summed E-state index contributed by atoms with van der Waals surface area (Å²) in [5.41, 5.74) is 5.03. The number of urea groups is 1. The Bertz CT molecular complexity index is 423. The van der Waals surface area contributed by atoms with E-state index in [1.54, 1.807) is 0 Å². The molecule has 1 rings (SSSR count). The summed E-state index contributed by atoms with van der Waals surface area (Å²) in [5.74, 6) is -2.51. The number of aliphatic carboxylic acids is 1. The highest BCUT2D eigenvalue weighted by Gasteiger charge is 2.31. The molecule has 1 aliphatic rings. The van der Waals surface area contributed by atoms with E-state index in [-0.39, 0.29) is 18.4 Å². The number of amides is 4. The fourth-order valence-electron chi connectivity index (χ4n) is 2.31. The topological polar surface area (TPSA) is 133 Å². The van der Waals surface area contributed by atoms with Crippen LogP contribution in [0.5, 0.6) is 0 Å². The summed E-state index contributed by atoms with van der Waals surface area (Å²) in [6.45, 7) is -0.455. The van der Waals surface area contributed by atoms with Gasteiger partial charge in [-0.15, -0.1) is 0 Å². The third-order valence-corrected chi connectivity index (χ3v) is 3.25. The summed E-state index contributed by atoms with van der Waals surface area (Å²) in [7, 11) is 1.52. The van der Waals surface area contributed by atoms with Crippen LogP contribution in [0.2, 0.25) is 0 Å². The van der Waals surface area contributed by atoms with Crippen molar-refractivity contribution in [2.45, 2.75) is 12.8 Å². The lowest BCUT2D eigenvalue weighted by Gasteiger charge is -2.35. The minimum Gasteiger partial charge on any atom is -0.480 e. The summed E-state index contributed by atoms with van der Waals surface area (Å²) < 4.78 is 0. The Balaban J connectivity index is 2.75. The number of hydrogen-bond acceptors (Lipinski definition) is 4. The van der Waals surface area contributed by atoms with Crippen molar-refractivity contribution >= 4 is 23.8 Å². The predicted octanol–water partition coefficient (Wildman–Crippen LogP) is -1.56. The van der Waals surface area contributed by atoms with Gasteiger partial charge in [0.15, 0.2) is 0 Å². The van der Waals surface area contributed by atoms with Gasteiger partial charge in [-0.1, -0.05) is 0 Å². The molecule has 0 aromatic heterocycles.